The second-order valence-electron chi connectivity index (χ2n) is 9.25. The highest BCUT2D eigenvalue weighted by Crippen LogP contribution is 2.36. The van der Waals surface area contributed by atoms with E-state index in [9.17, 15) is 9.59 Å². The molecule has 0 spiro atoms. The topological polar surface area (TPSA) is 96.3 Å². The zero-order valence-electron chi connectivity index (χ0n) is 19.7. The molecule has 1 fully saturated rings. The van der Waals surface area contributed by atoms with Crippen LogP contribution in [-0.2, 0) is 9.59 Å². The maximum absolute atomic E-state index is 12.3. The van der Waals surface area contributed by atoms with Crippen molar-refractivity contribution in [3.05, 3.63) is 71.6 Å². The van der Waals surface area contributed by atoms with E-state index >= 15 is 0 Å². The quantitative estimate of drug-likeness (QED) is 0.518. The SMILES string of the molecule is Cc1nn(-c2ccccc2)cc1C(NC1C=CC(C(=O)NCCC(=O)O)=CC1)C1CCCCC1. The second kappa shape index (κ2) is 11.3. The molecule has 2 atom stereocenters. The third kappa shape index (κ3) is 6.03. The second-order valence-corrected chi connectivity index (χ2v) is 9.25. The number of amides is 1. The first-order valence-corrected chi connectivity index (χ1v) is 12.3. The van der Waals surface area contributed by atoms with Gasteiger partial charge < -0.3 is 15.7 Å². The number of aryl methyl sites for hydroxylation is 1. The van der Waals surface area contributed by atoms with E-state index < -0.39 is 5.97 Å². The molecule has 0 saturated heterocycles. The molecule has 7 heteroatoms. The molecule has 3 N–H and O–H groups in total. The van der Waals surface area contributed by atoms with E-state index in [-0.39, 0.29) is 31.0 Å². The van der Waals surface area contributed by atoms with E-state index in [1.165, 1.54) is 37.7 Å². The number of carbonyl (C=O) groups excluding carboxylic acids is 1. The highest BCUT2D eigenvalue weighted by molar-refractivity contribution is 5.96. The summed E-state index contributed by atoms with van der Waals surface area (Å²) in [5.74, 6) is -0.587. The number of hydrogen-bond donors (Lipinski definition) is 3. The van der Waals surface area contributed by atoms with E-state index in [4.69, 9.17) is 10.2 Å². The van der Waals surface area contributed by atoms with Crippen molar-refractivity contribution in [2.24, 2.45) is 5.92 Å². The van der Waals surface area contributed by atoms with Crippen molar-refractivity contribution in [3.63, 3.8) is 0 Å². The summed E-state index contributed by atoms with van der Waals surface area (Å²) in [7, 11) is 0. The molecule has 7 nitrogen and oxygen atoms in total. The predicted molar refractivity (Wildman–Crippen MR) is 132 cm³/mol. The number of nitrogens with one attached hydrogen (secondary N) is 2. The zero-order valence-corrected chi connectivity index (χ0v) is 19.7. The molecule has 2 aliphatic rings. The lowest BCUT2D eigenvalue weighted by molar-refractivity contribution is -0.136. The fourth-order valence-electron chi connectivity index (χ4n) is 4.97. The molecule has 2 unspecified atom stereocenters. The Morgan fingerprint density at radius 2 is 1.94 bits per heavy atom. The Morgan fingerprint density at radius 3 is 2.62 bits per heavy atom. The Labute approximate surface area is 200 Å². The lowest BCUT2D eigenvalue weighted by Crippen LogP contribution is -2.37. The van der Waals surface area contributed by atoms with Gasteiger partial charge in [0.1, 0.15) is 0 Å². The first-order chi connectivity index (χ1) is 16.5. The van der Waals surface area contributed by atoms with Gasteiger partial charge in [-0.25, -0.2) is 4.68 Å². The minimum absolute atomic E-state index is 0.0774. The Bertz CT molecular complexity index is 1050. The van der Waals surface area contributed by atoms with Gasteiger partial charge in [0.25, 0.3) is 5.91 Å². The largest absolute Gasteiger partial charge is 0.481 e. The molecule has 1 heterocycles. The van der Waals surface area contributed by atoms with E-state index in [0.29, 0.717) is 17.9 Å². The summed E-state index contributed by atoms with van der Waals surface area (Å²) < 4.78 is 1.97. The van der Waals surface area contributed by atoms with Crippen LogP contribution in [0.25, 0.3) is 5.69 Å². The highest BCUT2D eigenvalue weighted by Gasteiger charge is 2.29. The van der Waals surface area contributed by atoms with Gasteiger partial charge in [-0.3, -0.25) is 9.59 Å². The normalized spacial score (nSPS) is 19.4. The van der Waals surface area contributed by atoms with Crippen molar-refractivity contribution in [1.82, 2.24) is 20.4 Å². The van der Waals surface area contributed by atoms with E-state index in [1.54, 1.807) is 0 Å². The first-order valence-electron chi connectivity index (χ1n) is 12.3. The Morgan fingerprint density at radius 1 is 1.18 bits per heavy atom. The number of aromatic nitrogens is 2. The summed E-state index contributed by atoms with van der Waals surface area (Å²) in [6.07, 6.45) is 14.9. The molecule has 0 bridgehead atoms. The van der Waals surface area contributed by atoms with Gasteiger partial charge >= 0.3 is 5.97 Å². The van der Waals surface area contributed by atoms with Gasteiger partial charge in [-0.2, -0.15) is 5.10 Å². The smallest absolute Gasteiger partial charge is 0.305 e. The maximum Gasteiger partial charge on any atom is 0.305 e. The van der Waals surface area contributed by atoms with Gasteiger partial charge in [0, 0.05) is 36.0 Å². The number of carboxylic acids is 1. The van der Waals surface area contributed by atoms with Crippen LogP contribution in [0.4, 0.5) is 0 Å². The molecule has 1 saturated carbocycles. The monoisotopic (exact) mass is 462 g/mol. The number of aliphatic carboxylic acids is 1. The molecule has 4 rings (SSSR count). The maximum atomic E-state index is 12.3. The van der Waals surface area contributed by atoms with Crippen LogP contribution >= 0.6 is 0 Å². The number of carboxylic acid groups (broad SMARTS) is 1. The Kier molecular flexibility index (Phi) is 7.95. The molecule has 34 heavy (non-hydrogen) atoms. The van der Waals surface area contributed by atoms with Crippen LogP contribution in [0.5, 0.6) is 0 Å². The molecule has 0 aliphatic heterocycles. The summed E-state index contributed by atoms with van der Waals surface area (Å²) in [5.41, 5.74) is 3.93. The van der Waals surface area contributed by atoms with Gasteiger partial charge in [-0.15, -0.1) is 0 Å². The van der Waals surface area contributed by atoms with E-state index in [0.717, 1.165) is 11.4 Å². The van der Waals surface area contributed by atoms with Crippen molar-refractivity contribution in [1.29, 1.82) is 0 Å². The predicted octanol–water partition coefficient (Wildman–Crippen LogP) is 4.24. The lowest BCUT2D eigenvalue weighted by Gasteiger charge is -2.34. The molecule has 180 valence electrons. The summed E-state index contributed by atoms with van der Waals surface area (Å²) >= 11 is 0. The Hall–Kier alpha value is -3.19. The molecule has 2 aromatic rings. The molecule has 1 amide bonds. The van der Waals surface area contributed by atoms with Crippen LogP contribution in [0.1, 0.15) is 62.2 Å². The van der Waals surface area contributed by atoms with Gasteiger partial charge in [0.2, 0.25) is 0 Å². The van der Waals surface area contributed by atoms with Gasteiger partial charge in [0.15, 0.2) is 0 Å². The van der Waals surface area contributed by atoms with Crippen molar-refractivity contribution in [2.45, 2.75) is 64.0 Å². The molecule has 2 aliphatic carbocycles. The first kappa shape index (κ1) is 24.0. The zero-order chi connectivity index (χ0) is 23.9. The molecular formula is C27H34N4O3. The average molecular weight is 463 g/mol. The number of benzene rings is 1. The minimum Gasteiger partial charge on any atom is -0.481 e. The summed E-state index contributed by atoms with van der Waals surface area (Å²) in [6.45, 7) is 2.22. The Balaban J connectivity index is 1.47. The number of hydrogen-bond acceptors (Lipinski definition) is 4. The number of carbonyl (C=O) groups is 2. The van der Waals surface area contributed by atoms with Crippen LogP contribution in [0, 0.1) is 12.8 Å². The van der Waals surface area contributed by atoms with Crippen LogP contribution in [0.15, 0.2) is 60.3 Å². The van der Waals surface area contributed by atoms with E-state index in [1.807, 2.05) is 35.0 Å². The minimum atomic E-state index is -0.919. The van der Waals surface area contributed by atoms with Gasteiger partial charge in [-0.1, -0.05) is 55.7 Å². The average Bonchev–Trinajstić information content (AvgIpc) is 3.25. The van der Waals surface area contributed by atoms with Gasteiger partial charge in [0.05, 0.1) is 17.8 Å². The van der Waals surface area contributed by atoms with Crippen LogP contribution < -0.4 is 10.6 Å². The molecule has 1 aromatic heterocycles. The third-order valence-corrected chi connectivity index (χ3v) is 6.79. The highest BCUT2D eigenvalue weighted by atomic mass is 16.4. The number of nitrogens with zero attached hydrogens (tertiary/aromatic N) is 2. The fourth-order valence-corrected chi connectivity index (χ4v) is 4.97. The van der Waals surface area contributed by atoms with Crippen LogP contribution in [0.3, 0.4) is 0 Å². The fraction of sp³-hybridized carbons (Fsp3) is 0.444. The molecular weight excluding hydrogens is 428 g/mol. The molecule has 1 aromatic carbocycles. The van der Waals surface area contributed by atoms with Crippen molar-refractivity contribution in [3.8, 4) is 5.69 Å². The lowest BCUT2D eigenvalue weighted by atomic mass is 9.80. The summed E-state index contributed by atoms with van der Waals surface area (Å²) in [6, 6.07) is 10.5. The van der Waals surface area contributed by atoms with Gasteiger partial charge in [-0.05, 0) is 44.2 Å². The summed E-state index contributed by atoms with van der Waals surface area (Å²) in [5, 5.41) is 20.1. The van der Waals surface area contributed by atoms with Crippen LogP contribution in [-0.4, -0.2) is 39.4 Å². The van der Waals surface area contributed by atoms with Crippen LogP contribution in [0.2, 0.25) is 0 Å². The third-order valence-electron chi connectivity index (χ3n) is 6.79. The molecule has 0 radical (unpaired) electrons. The number of para-hydroxylation sites is 1. The van der Waals surface area contributed by atoms with Crippen molar-refractivity contribution in [2.75, 3.05) is 6.54 Å². The van der Waals surface area contributed by atoms with Crippen molar-refractivity contribution < 1.29 is 14.7 Å². The van der Waals surface area contributed by atoms with E-state index in [2.05, 4.69) is 42.0 Å². The number of rotatable bonds is 9. The van der Waals surface area contributed by atoms with Crippen molar-refractivity contribution >= 4 is 11.9 Å². The summed E-state index contributed by atoms with van der Waals surface area (Å²) in [4.78, 5) is 23.0. The standard InChI is InChI=1S/C27H34N4O3/c1-19-24(18-31(30-19)23-10-6-3-7-11-23)26(20-8-4-2-5-9-20)29-22-14-12-21(13-15-22)27(34)28-17-16-25(32)33/h3,6-7,10-14,18,20,22,26,29H,2,4-5,8-9,15-17H2,1H3,(H,28,34)(H,32,33).